The van der Waals surface area contributed by atoms with E-state index in [9.17, 15) is 17.6 Å². The minimum absolute atomic E-state index is 0.0905. The first-order valence-corrected chi connectivity index (χ1v) is 6.04. The average Bonchev–Trinajstić information content (AvgIpc) is 2.42. The predicted molar refractivity (Wildman–Crippen MR) is 68.5 cm³/mol. The maximum absolute atomic E-state index is 13.2. The lowest BCUT2D eigenvalue weighted by molar-refractivity contribution is -0.140. The number of pyridine rings is 1. The van der Waals surface area contributed by atoms with Crippen LogP contribution in [0.15, 0.2) is 36.7 Å². The third kappa shape index (κ3) is 3.69. The SMILES string of the molecule is CNCc1cnccc1Oc1ccc(F)c(C(F)(F)F)c1. The minimum atomic E-state index is -4.77. The summed E-state index contributed by atoms with van der Waals surface area (Å²) in [4.78, 5) is 3.92. The Kier molecular flexibility index (Phi) is 4.42. The van der Waals surface area contributed by atoms with Crippen LogP contribution in [0, 0.1) is 5.82 Å². The first kappa shape index (κ1) is 15.2. The molecule has 0 aliphatic carbocycles. The van der Waals surface area contributed by atoms with Gasteiger partial charge >= 0.3 is 6.18 Å². The van der Waals surface area contributed by atoms with Gasteiger partial charge in [0.05, 0.1) is 5.56 Å². The van der Waals surface area contributed by atoms with Gasteiger partial charge in [-0.05, 0) is 31.3 Å². The van der Waals surface area contributed by atoms with Gasteiger partial charge in [0.15, 0.2) is 0 Å². The second-order valence-electron chi connectivity index (χ2n) is 4.26. The molecule has 21 heavy (non-hydrogen) atoms. The molecule has 0 unspecified atom stereocenters. The molecule has 1 aromatic heterocycles. The summed E-state index contributed by atoms with van der Waals surface area (Å²) in [6.07, 6.45) is -1.77. The highest BCUT2D eigenvalue weighted by molar-refractivity contribution is 5.38. The van der Waals surface area contributed by atoms with Crippen molar-refractivity contribution >= 4 is 0 Å². The molecule has 7 heteroatoms. The van der Waals surface area contributed by atoms with Gasteiger partial charge < -0.3 is 10.1 Å². The molecule has 0 spiro atoms. The second kappa shape index (κ2) is 6.09. The Morgan fingerprint density at radius 2 is 2.00 bits per heavy atom. The van der Waals surface area contributed by atoms with E-state index in [0.717, 1.165) is 12.1 Å². The molecule has 3 nitrogen and oxygen atoms in total. The van der Waals surface area contributed by atoms with Gasteiger partial charge in [0.1, 0.15) is 17.3 Å². The largest absolute Gasteiger partial charge is 0.457 e. The molecule has 0 saturated heterocycles. The van der Waals surface area contributed by atoms with Gasteiger partial charge in [-0.1, -0.05) is 0 Å². The lowest BCUT2D eigenvalue weighted by atomic mass is 10.2. The number of benzene rings is 1. The molecule has 0 fully saturated rings. The van der Waals surface area contributed by atoms with Crippen LogP contribution in [0.1, 0.15) is 11.1 Å². The summed E-state index contributed by atoms with van der Waals surface area (Å²) in [5, 5.41) is 2.89. The van der Waals surface area contributed by atoms with Crippen LogP contribution in [0.25, 0.3) is 0 Å². The molecule has 2 aromatic rings. The topological polar surface area (TPSA) is 34.2 Å². The molecule has 0 aliphatic heterocycles. The van der Waals surface area contributed by atoms with Crippen molar-refractivity contribution < 1.29 is 22.3 Å². The van der Waals surface area contributed by atoms with Crippen molar-refractivity contribution in [1.29, 1.82) is 0 Å². The van der Waals surface area contributed by atoms with Gasteiger partial charge in [-0.15, -0.1) is 0 Å². The van der Waals surface area contributed by atoms with E-state index < -0.39 is 17.6 Å². The smallest absolute Gasteiger partial charge is 0.419 e. The first-order valence-electron chi connectivity index (χ1n) is 6.04. The standard InChI is InChI=1S/C14H12F4N2O/c1-19-7-9-8-20-5-4-13(9)21-10-2-3-12(15)11(6-10)14(16,17)18/h2-6,8,19H,7H2,1H3. The van der Waals surface area contributed by atoms with E-state index in [1.807, 2.05) is 0 Å². The zero-order chi connectivity index (χ0) is 15.5. The Hall–Kier alpha value is -2.15. The highest BCUT2D eigenvalue weighted by atomic mass is 19.4. The molecule has 0 radical (unpaired) electrons. The number of hydrogen-bond donors (Lipinski definition) is 1. The first-order chi connectivity index (χ1) is 9.91. The van der Waals surface area contributed by atoms with E-state index in [1.165, 1.54) is 12.3 Å². The van der Waals surface area contributed by atoms with Crippen LogP contribution >= 0.6 is 0 Å². The van der Waals surface area contributed by atoms with E-state index in [1.54, 1.807) is 13.2 Å². The Bertz CT molecular complexity index is 629. The van der Waals surface area contributed by atoms with Crippen LogP contribution < -0.4 is 10.1 Å². The summed E-state index contributed by atoms with van der Waals surface area (Å²) in [5.74, 6) is -1.06. The molecule has 112 valence electrons. The third-order valence-corrected chi connectivity index (χ3v) is 2.70. The molecular weight excluding hydrogens is 288 g/mol. The highest BCUT2D eigenvalue weighted by Gasteiger charge is 2.34. The monoisotopic (exact) mass is 300 g/mol. The molecule has 0 amide bonds. The van der Waals surface area contributed by atoms with Crippen molar-refractivity contribution in [1.82, 2.24) is 10.3 Å². The van der Waals surface area contributed by atoms with E-state index in [0.29, 0.717) is 23.9 Å². The number of nitrogens with zero attached hydrogens (tertiary/aromatic N) is 1. The summed E-state index contributed by atoms with van der Waals surface area (Å²) in [6, 6.07) is 4.05. The van der Waals surface area contributed by atoms with E-state index >= 15 is 0 Å². The van der Waals surface area contributed by atoms with Gasteiger partial charge in [-0.3, -0.25) is 4.98 Å². The lowest BCUT2D eigenvalue weighted by Crippen LogP contribution is -2.09. The fraction of sp³-hybridized carbons (Fsp3) is 0.214. The predicted octanol–water partition coefficient (Wildman–Crippen LogP) is 3.75. The van der Waals surface area contributed by atoms with Crippen LogP contribution in [0.3, 0.4) is 0 Å². The molecule has 0 bridgehead atoms. The molecule has 1 aromatic carbocycles. The van der Waals surface area contributed by atoms with E-state index in [2.05, 4.69) is 10.3 Å². The van der Waals surface area contributed by atoms with Gasteiger partial charge in [-0.2, -0.15) is 13.2 Å². The van der Waals surface area contributed by atoms with Crippen LogP contribution in [-0.2, 0) is 12.7 Å². The van der Waals surface area contributed by atoms with Crippen molar-refractivity contribution in [3.05, 3.63) is 53.6 Å². The maximum atomic E-state index is 13.2. The molecule has 0 saturated carbocycles. The second-order valence-corrected chi connectivity index (χ2v) is 4.26. The summed E-state index contributed by atoms with van der Waals surface area (Å²) in [6.45, 7) is 0.441. The number of hydrogen-bond acceptors (Lipinski definition) is 3. The van der Waals surface area contributed by atoms with Gasteiger partial charge in [0.25, 0.3) is 0 Å². The zero-order valence-corrected chi connectivity index (χ0v) is 11.0. The highest BCUT2D eigenvalue weighted by Crippen LogP contribution is 2.35. The average molecular weight is 300 g/mol. The van der Waals surface area contributed by atoms with Gasteiger partial charge in [0, 0.05) is 24.5 Å². The minimum Gasteiger partial charge on any atom is -0.457 e. The van der Waals surface area contributed by atoms with Crippen molar-refractivity contribution in [2.24, 2.45) is 0 Å². The number of rotatable bonds is 4. The third-order valence-electron chi connectivity index (χ3n) is 2.70. The van der Waals surface area contributed by atoms with E-state index in [4.69, 9.17) is 4.74 Å². The lowest BCUT2D eigenvalue weighted by Gasteiger charge is -2.13. The van der Waals surface area contributed by atoms with Crippen LogP contribution in [0.2, 0.25) is 0 Å². The summed E-state index contributed by atoms with van der Waals surface area (Å²) in [5.41, 5.74) is -0.679. The molecule has 1 heterocycles. The number of halogens is 4. The van der Waals surface area contributed by atoms with Crippen LogP contribution in [0.4, 0.5) is 17.6 Å². The number of aromatic nitrogens is 1. The summed E-state index contributed by atoms with van der Waals surface area (Å²) >= 11 is 0. The van der Waals surface area contributed by atoms with Crippen molar-refractivity contribution in [3.63, 3.8) is 0 Å². The molecule has 0 atom stereocenters. The number of ether oxygens (including phenoxy) is 1. The van der Waals surface area contributed by atoms with Crippen molar-refractivity contribution in [2.45, 2.75) is 12.7 Å². The summed E-state index contributed by atoms with van der Waals surface area (Å²) < 4.78 is 56.6. The normalized spacial score (nSPS) is 11.5. The zero-order valence-electron chi connectivity index (χ0n) is 11.0. The van der Waals surface area contributed by atoms with Crippen LogP contribution in [-0.4, -0.2) is 12.0 Å². The Balaban J connectivity index is 2.33. The molecule has 1 N–H and O–H groups in total. The number of alkyl halides is 3. The quantitative estimate of drug-likeness (QED) is 0.873. The maximum Gasteiger partial charge on any atom is 0.419 e. The van der Waals surface area contributed by atoms with Crippen LogP contribution in [0.5, 0.6) is 11.5 Å². The van der Waals surface area contributed by atoms with Crippen molar-refractivity contribution in [2.75, 3.05) is 7.05 Å². The van der Waals surface area contributed by atoms with E-state index in [-0.39, 0.29) is 5.75 Å². The fourth-order valence-corrected chi connectivity index (χ4v) is 1.75. The fourth-order valence-electron chi connectivity index (χ4n) is 1.75. The van der Waals surface area contributed by atoms with Gasteiger partial charge in [0.2, 0.25) is 0 Å². The Morgan fingerprint density at radius 1 is 1.24 bits per heavy atom. The molecular formula is C14H12F4N2O. The molecule has 0 aliphatic rings. The van der Waals surface area contributed by atoms with Gasteiger partial charge in [-0.25, -0.2) is 4.39 Å². The Morgan fingerprint density at radius 3 is 2.67 bits per heavy atom. The Labute approximate surface area is 118 Å². The summed E-state index contributed by atoms with van der Waals surface area (Å²) in [7, 11) is 1.72. The van der Waals surface area contributed by atoms with Crippen molar-refractivity contribution in [3.8, 4) is 11.5 Å². The molecule has 2 rings (SSSR count). The number of nitrogens with one attached hydrogen (secondary N) is 1.